The molecular formula is C30H33N5O3. The highest BCUT2D eigenvalue weighted by molar-refractivity contribution is 5.94. The molecule has 1 atom stereocenters. The lowest BCUT2D eigenvalue weighted by Crippen LogP contribution is -2.37. The number of aromatic nitrogens is 3. The first-order valence-electron chi connectivity index (χ1n) is 13.4. The van der Waals surface area contributed by atoms with Crippen LogP contribution in [0.3, 0.4) is 0 Å². The van der Waals surface area contributed by atoms with Crippen molar-refractivity contribution in [3.05, 3.63) is 78.1 Å². The van der Waals surface area contributed by atoms with Gasteiger partial charge in [-0.2, -0.15) is 5.10 Å². The predicted octanol–water partition coefficient (Wildman–Crippen LogP) is 4.85. The molecule has 0 unspecified atom stereocenters. The van der Waals surface area contributed by atoms with E-state index in [1.807, 2.05) is 59.6 Å². The standard InChI is InChI=1S/C30H33N5O3/c1-37-26-12-9-23-18-24(29(32-28(23)19-26)33-14-2-3-15-33)20-34(21-27-6-4-17-38-27)30(36)22-7-10-25(11-8-22)35-16-5-13-31-35/h5,7-13,16,18-19,27H,2-4,6,14-15,17,20-21H2,1H3/t27-/m0/s1. The van der Waals surface area contributed by atoms with Crippen LogP contribution in [0.25, 0.3) is 16.6 Å². The van der Waals surface area contributed by atoms with Gasteiger partial charge in [0.25, 0.3) is 5.91 Å². The fraction of sp³-hybridized carbons (Fsp3) is 0.367. The van der Waals surface area contributed by atoms with Gasteiger partial charge < -0.3 is 19.3 Å². The Bertz CT molecular complexity index is 1390. The van der Waals surface area contributed by atoms with Crippen LogP contribution in [0.4, 0.5) is 5.82 Å². The average molecular weight is 512 g/mol. The minimum absolute atomic E-state index is 0.00489. The van der Waals surface area contributed by atoms with Gasteiger partial charge in [-0.1, -0.05) is 0 Å². The summed E-state index contributed by atoms with van der Waals surface area (Å²) in [5, 5.41) is 5.33. The number of methoxy groups -OCH3 is 1. The Morgan fingerprint density at radius 2 is 1.95 bits per heavy atom. The van der Waals surface area contributed by atoms with Gasteiger partial charge in [0.15, 0.2) is 0 Å². The number of carbonyl (C=O) groups is 1. The summed E-state index contributed by atoms with van der Waals surface area (Å²) in [7, 11) is 1.67. The van der Waals surface area contributed by atoms with Crippen molar-refractivity contribution in [2.24, 2.45) is 0 Å². The second-order valence-electron chi connectivity index (χ2n) is 10.0. The van der Waals surface area contributed by atoms with E-state index in [1.165, 1.54) is 0 Å². The number of ether oxygens (including phenoxy) is 2. The molecule has 4 heterocycles. The highest BCUT2D eigenvalue weighted by atomic mass is 16.5. The molecule has 2 aromatic carbocycles. The first kappa shape index (κ1) is 24.4. The highest BCUT2D eigenvalue weighted by Gasteiger charge is 2.26. The van der Waals surface area contributed by atoms with E-state index in [9.17, 15) is 4.79 Å². The molecule has 4 aromatic rings. The van der Waals surface area contributed by atoms with Gasteiger partial charge in [0.05, 0.1) is 24.4 Å². The molecule has 8 nitrogen and oxygen atoms in total. The van der Waals surface area contributed by atoms with E-state index < -0.39 is 0 Å². The minimum Gasteiger partial charge on any atom is -0.497 e. The van der Waals surface area contributed by atoms with Gasteiger partial charge >= 0.3 is 0 Å². The molecule has 6 rings (SSSR count). The van der Waals surface area contributed by atoms with Gasteiger partial charge in [0.2, 0.25) is 0 Å². The Morgan fingerprint density at radius 1 is 1.11 bits per heavy atom. The average Bonchev–Trinajstić information content (AvgIpc) is 3.76. The fourth-order valence-electron chi connectivity index (χ4n) is 5.45. The van der Waals surface area contributed by atoms with E-state index in [1.54, 1.807) is 18.0 Å². The van der Waals surface area contributed by atoms with E-state index in [4.69, 9.17) is 14.5 Å². The molecular weight excluding hydrogens is 478 g/mol. The van der Waals surface area contributed by atoms with E-state index >= 15 is 0 Å². The van der Waals surface area contributed by atoms with E-state index in [2.05, 4.69) is 16.1 Å². The summed E-state index contributed by atoms with van der Waals surface area (Å²) >= 11 is 0. The van der Waals surface area contributed by atoms with E-state index in [0.29, 0.717) is 18.7 Å². The molecule has 1 amide bonds. The van der Waals surface area contributed by atoms with Crippen molar-refractivity contribution < 1.29 is 14.3 Å². The van der Waals surface area contributed by atoms with Gasteiger partial charge in [-0.05, 0) is 74.2 Å². The summed E-state index contributed by atoms with van der Waals surface area (Å²) < 4.78 is 13.2. The van der Waals surface area contributed by atoms with Crippen LogP contribution in [0.5, 0.6) is 5.75 Å². The smallest absolute Gasteiger partial charge is 0.254 e. The van der Waals surface area contributed by atoms with Crippen molar-refractivity contribution in [2.45, 2.75) is 38.3 Å². The zero-order valence-electron chi connectivity index (χ0n) is 21.8. The van der Waals surface area contributed by atoms with Gasteiger partial charge in [0.1, 0.15) is 11.6 Å². The van der Waals surface area contributed by atoms with Crippen LogP contribution >= 0.6 is 0 Å². The number of benzene rings is 2. The third-order valence-electron chi connectivity index (χ3n) is 7.47. The predicted molar refractivity (Wildman–Crippen MR) is 147 cm³/mol. The molecule has 0 bridgehead atoms. The largest absolute Gasteiger partial charge is 0.497 e. The molecule has 2 aliphatic rings. The molecule has 2 aliphatic heterocycles. The van der Waals surface area contributed by atoms with Crippen molar-refractivity contribution in [3.8, 4) is 11.4 Å². The second kappa shape index (κ2) is 10.8. The quantitative estimate of drug-likeness (QED) is 0.337. The van der Waals surface area contributed by atoms with Crippen LogP contribution in [0.2, 0.25) is 0 Å². The Hall–Kier alpha value is -3.91. The number of rotatable bonds is 8. The zero-order chi connectivity index (χ0) is 25.9. The summed E-state index contributed by atoms with van der Waals surface area (Å²) in [6, 6.07) is 17.7. The number of amides is 1. The molecule has 0 aliphatic carbocycles. The molecule has 38 heavy (non-hydrogen) atoms. The van der Waals surface area contributed by atoms with Crippen LogP contribution < -0.4 is 9.64 Å². The first-order chi connectivity index (χ1) is 18.7. The number of fused-ring (bicyclic) bond motifs is 1. The molecule has 0 saturated carbocycles. The van der Waals surface area contributed by atoms with Gasteiger partial charge in [-0.25, -0.2) is 9.67 Å². The lowest BCUT2D eigenvalue weighted by Gasteiger charge is -2.28. The first-order valence-corrected chi connectivity index (χ1v) is 13.4. The maximum Gasteiger partial charge on any atom is 0.254 e. The molecule has 8 heteroatoms. The number of pyridine rings is 1. The van der Waals surface area contributed by atoms with Crippen LogP contribution in [-0.4, -0.2) is 65.0 Å². The Kier molecular flexibility index (Phi) is 6.96. The van der Waals surface area contributed by atoms with Gasteiger partial charge in [-0.3, -0.25) is 4.79 Å². The number of carbonyl (C=O) groups excluding carboxylic acids is 1. The molecule has 0 spiro atoms. The van der Waals surface area contributed by atoms with Crippen LogP contribution in [0.15, 0.2) is 67.0 Å². The van der Waals surface area contributed by atoms with Crippen molar-refractivity contribution in [3.63, 3.8) is 0 Å². The van der Waals surface area contributed by atoms with E-state index in [0.717, 1.165) is 79.1 Å². The Balaban J connectivity index is 1.34. The summed E-state index contributed by atoms with van der Waals surface area (Å²) in [5.41, 5.74) is 3.54. The SMILES string of the molecule is COc1ccc2cc(CN(C[C@@H]3CCCO3)C(=O)c3ccc(-n4cccn4)cc3)c(N3CCCC3)nc2c1. The second-order valence-corrected chi connectivity index (χ2v) is 10.0. The minimum atomic E-state index is -0.00489. The van der Waals surface area contributed by atoms with E-state index in [-0.39, 0.29) is 12.0 Å². The van der Waals surface area contributed by atoms with Gasteiger partial charge in [-0.15, -0.1) is 0 Å². The molecule has 2 saturated heterocycles. The number of nitrogens with zero attached hydrogens (tertiary/aromatic N) is 5. The topological polar surface area (TPSA) is 72.7 Å². The normalized spacial score (nSPS) is 17.3. The maximum absolute atomic E-state index is 13.9. The van der Waals surface area contributed by atoms with Crippen LogP contribution in [0, 0.1) is 0 Å². The molecule has 0 N–H and O–H groups in total. The summed E-state index contributed by atoms with van der Waals surface area (Å²) in [6.07, 6.45) is 7.99. The zero-order valence-corrected chi connectivity index (χ0v) is 21.8. The van der Waals surface area contributed by atoms with Crippen molar-refractivity contribution in [1.29, 1.82) is 0 Å². The number of anilines is 1. The highest BCUT2D eigenvalue weighted by Crippen LogP contribution is 2.30. The van der Waals surface area contributed by atoms with Crippen LogP contribution in [-0.2, 0) is 11.3 Å². The van der Waals surface area contributed by atoms with Gasteiger partial charge in [0, 0.05) is 67.8 Å². The fourth-order valence-corrected chi connectivity index (χ4v) is 5.45. The van der Waals surface area contributed by atoms with Crippen LogP contribution in [0.1, 0.15) is 41.6 Å². The third-order valence-corrected chi connectivity index (χ3v) is 7.47. The monoisotopic (exact) mass is 511 g/mol. The van der Waals surface area contributed by atoms with Crippen molar-refractivity contribution in [2.75, 3.05) is 38.3 Å². The maximum atomic E-state index is 13.9. The lowest BCUT2D eigenvalue weighted by molar-refractivity contribution is 0.0507. The van der Waals surface area contributed by atoms with Crippen molar-refractivity contribution >= 4 is 22.6 Å². The Morgan fingerprint density at radius 3 is 2.66 bits per heavy atom. The number of hydrogen-bond acceptors (Lipinski definition) is 6. The molecule has 196 valence electrons. The Labute approximate surface area is 222 Å². The third kappa shape index (κ3) is 5.09. The number of hydrogen-bond donors (Lipinski definition) is 0. The summed E-state index contributed by atoms with van der Waals surface area (Å²) in [5.74, 6) is 1.75. The summed E-state index contributed by atoms with van der Waals surface area (Å²) in [4.78, 5) is 23.3. The lowest BCUT2D eigenvalue weighted by atomic mass is 10.1. The molecule has 2 aromatic heterocycles. The molecule has 2 fully saturated rings. The summed E-state index contributed by atoms with van der Waals surface area (Å²) in [6.45, 7) is 3.73. The molecule has 0 radical (unpaired) electrons. The van der Waals surface area contributed by atoms with Crippen molar-refractivity contribution in [1.82, 2.24) is 19.7 Å².